The fourth-order valence-corrected chi connectivity index (χ4v) is 3.04. The highest BCUT2D eigenvalue weighted by Gasteiger charge is 2.25. The van der Waals surface area contributed by atoms with E-state index < -0.39 is 16.1 Å². The normalized spacial score (nSPS) is 13.2. The average Bonchev–Trinajstić information content (AvgIpc) is 2.36. The number of hydrogen-bond acceptors (Lipinski definition) is 3. The quantitative estimate of drug-likeness (QED) is 0.834. The largest absolute Gasteiger partial charge is 0.358 e. The van der Waals surface area contributed by atoms with Crippen molar-refractivity contribution in [2.45, 2.75) is 38.1 Å². The number of hydrogen-bond donors (Lipinski definition) is 2. The maximum Gasteiger partial charge on any atom is 0.241 e. The summed E-state index contributed by atoms with van der Waals surface area (Å²) in [6.07, 6.45) is 0.449. The minimum absolute atomic E-state index is 0.167. The van der Waals surface area contributed by atoms with Crippen molar-refractivity contribution in [2.75, 3.05) is 7.05 Å². The number of sulfonamides is 1. The molecule has 1 atom stereocenters. The van der Waals surface area contributed by atoms with Gasteiger partial charge in [0, 0.05) is 7.05 Å². The smallest absolute Gasteiger partial charge is 0.241 e. The molecule has 0 spiro atoms. The van der Waals surface area contributed by atoms with E-state index in [1.807, 2.05) is 20.8 Å². The molecule has 0 aliphatic carbocycles. The van der Waals surface area contributed by atoms with Gasteiger partial charge >= 0.3 is 0 Å². The molecular formula is C14H22N2O3S. The lowest BCUT2D eigenvalue weighted by atomic mass is 10.0. The summed E-state index contributed by atoms with van der Waals surface area (Å²) in [5, 5.41) is 2.49. The van der Waals surface area contributed by atoms with Gasteiger partial charge in [0.25, 0.3) is 0 Å². The van der Waals surface area contributed by atoms with Gasteiger partial charge in [-0.15, -0.1) is 0 Å². The summed E-state index contributed by atoms with van der Waals surface area (Å²) < 4.78 is 27.0. The second-order valence-corrected chi connectivity index (χ2v) is 6.94. The Morgan fingerprint density at radius 3 is 2.20 bits per heavy atom. The molecule has 0 aliphatic rings. The molecule has 20 heavy (non-hydrogen) atoms. The first-order valence-corrected chi connectivity index (χ1v) is 8.05. The molecule has 0 saturated carbocycles. The van der Waals surface area contributed by atoms with Gasteiger partial charge in [0.1, 0.15) is 6.04 Å². The molecule has 0 bridgehead atoms. The molecule has 0 saturated heterocycles. The summed E-state index contributed by atoms with van der Waals surface area (Å²) in [6.45, 7) is 5.77. The average molecular weight is 298 g/mol. The molecule has 0 aromatic heterocycles. The molecule has 1 unspecified atom stereocenters. The number of likely N-dealkylation sites (N-methyl/N-ethyl adjacent to an activating group) is 1. The minimum Gasteiger partial charge on any atom is -0.358 e. The lowest BCUT2D eigenvalue weighted by Crippen LogP contribution is -2.46. The van der Waals surface area contributed by atoms with Crippen LogP contribution in [-0.2, 0) is 14.8 Å². The Balaban J connectivity index is 2.96. The van der Waals surface area contributed by atoms with Gasteiger partial charge in [-0.2, -0.15) is 4.72 Å². The summed E-state index contributed by atoms with van der Waals surface area (Å²) in [6, 6.07) is 5.77. The molecule has 0 heterocycles. The Bertz CT molecular complexity index is 550. The fourth-order valence-electron chi connectivity index (χ4n) is 1.83. The van der Waals surface area contributed by atoms with Crippen LogP contribution < -0.4 is 10.0 Å². The third kappa shape index (κ3) is 4.61. The molecule has 1 aromatic carbocycles. The molecule has 0 radical (unpaired) electrons. The third-order valence-electron chi connectivity index (χ3n) is 2.90. The number of amides is 1. The van der Waals surface area contributed by atoms with Gasteiger partial charge in [-0.1, -0.05) is 31.5 Å². The number of carbonyl (C=O) groups excluding carboxylic acids is 1. The standard InChI is InChI=1S/C14H22N2O3S/c1-10(2)9-13(14(17)15-4)16-20(18,19)12-7-5-11(3)6-8-12/h5-8,10,13,16H,9H2,1-4H3,(H,15,17). The third-order valence-corrected chi connectivity index (χ3v) is 4.39. The van der Waals surface area contributed by atoms with Crippen molar-refractivity contribution in [1.82, 2.24) is 10.0 Å². The maximum absolute atomic E-state index is 12.3. The van der Waals surface area contributed by atoms with Crippen molar-refractivity contribution in [3.63, 3.8) is 0 Å². The molecule has 1 rings (SSSR count). The molecule has 0 fully saturated rings. The van der Waals surface area contributed by atoms with Crippen molar-refractivity contribution in [3.8, 4) is 0 Å². The van der Waals surface area contributed by atoms with Crippen molar-refractivity contribution in [2.24, 2.45) is 5.92 Å². The van der Waals surface area contributed by atoms with Gasteiger partial charge in [-0.3, -0.25) is 4.79 Å². The summed E-state index contributed by atoms with van der Waals surface area (Å²) >= 11 is 0. The zero-order valence-corrected chi connectivity index (χ0v) is 13.1. The van der Waals surface area contributed by atoms with E-state index in [0.29, 0.717) is 6.42 Å². The van der Waals surface area contributed by atoms with Gasteiger partial charge in [0.15, 0.2) is 0 Å². The SMILES string of the molecule is CNC(=O)C(CC(C)C)NS(=O)(=O)c1ccc(C)cc1. The van der Waals surface area contributed by atoms with Gasteiger partial charge in [-0.05, 0) is 31.4 Å². The van der Waals surface area contributed by atoms with Crippen LogP contribution in [0.4, 0.5) is 0 Å². The first kappa shape index (κ1) is 16.7. The highest BCUT2D eigenvalue weighted by molar-refractivity contribution is 7.89. The highest BCUT2D eigenvalue weighted by atomic mass is 32.2. The Hall–Kier alpha value is -1.40. The first-order chi connectivity index (χ1) is 9.26. The highest BCUT2D eigenvalue weighted by Crippen LogP contribution is 2.13. The van der Waals surface area contributed by atoms with Crippen LogP contribution in [0.3, 0.4) is 0 Å². The summed E-state index contributed by atoms with van der Waals surface area (Å²) in [5.74, 6) is -0.118. The van der Waals surface area contributed by atoms with Gasteiger partial charge < -0.3 is 5.32 Å². The monoisotopic (exact) mass is 298 g/mol. The molecule has 0 aliphatic heterocycles. The van der Waals surface area contributed by atoms with Crippen LogP contribution >= 0.6 is 0 Å². The fraction of sp³-hybridized carbons (Fsp3) is 0.500. The Morgan fingerprint density at radius 1 is 1.20 bits per heavy atom. The van der Waals surface area contributed by atoms with Gasteiger partial charge in [0.05, 0.1) is 4.90 Å². The van der Waals surface area contributed by atoms with Crippen molar-refractivity contribution < 1.29 is 13.2 Å². The number of rotatable bonds is 6. The van der Waals surface area contributed by atoms with Crippen molar-refractivity contribution in [3.05, 3.63) is 29.8 Å². The number of aryl methyl sites for hydroxylation is 1. The minimum atomic E-state index is -3.69. The van der Waals surface area contributed by atoms with E-state index in [0.717, 1.165) is 5.56 Å². The van der Waals surface area contributed by atoms with Crippen LogP contribution in [-0.4, -0.2) is 27.4 Å². The van der Waals surface area contributed by atoms with Crippen LogP contribution in [0.25, 0.3) is 0 Å². The summed E-state index contributed by atoms with van der Waals surface area (Å²) in [5.41, 5.74) is 0.981. The second-order valence-electron chi connectivity index (χ2n) is 5.23. The summed E-state index contributed by atoms with van der Waals surface area (Å²) in [4.78, 5) is 11.9. The molecular weight excluding hydrogens is 276 g/mol. The predicted molar refractivity (Wildman–Crippen MR) is 78.8 cm³/mol. The zero-order chi connectivity index (χ0) is 15.3. The molecule has 1 amide bonds. The molecule has 6 heteroatoms. The topological polar surface area (TPSA) is 75.3 Å². The van der Waals surface area contributed by atoms with E-state index in [4.69, 9.17) is 0 Å². The van der Waals surface area contributed by atoms with Crippen LogP contribution in [0.15, 0.2) is 29.2 Å². The Labute approximate surface area is 120 Å². The Kier molecular flexibility index (Phi) is 5.71. The lowest BCUT2D eigenvalue weighted by molar-refractivity contribution is -0.122. The van der Waals surface area contributed by atoms with Crippen LogP contribution in [0.5, 0.6) is 0 Å². The first-order valence-electron chi connectivity index (χ1n) is 6.57. The predicted octanol–water partition coefficient (Wildman–Crippen LogP) is 1.43. The summed E-state index contributed by atoms with van der Waals surface area (Å²) in [7, 11) is -2.19. The molecule has 5 nitrogen and oxygen atoms in total. The van der Waals surface area contributed by atoms with Crippen LogP contribution in [0.2, 0.25) is 0 Å². The molecule has 2 N–H and O–H groups in total. The Morgan fingerprint density at radius 2 is 1.75 bits per heavy atom. The second kappa shape index (κ2) is 6.85. The zero-order valence-electron chi connectivity index (χ0n) is 12.3. The van der Waals surface area contributed by atoms with Crippen molar-refractivity contribution >= 4 is 15.9 Å². The van der Waals surface area contributed by atoms with Gasteiger partial charge in [0.2, 0.25) is 15.9 Å². The van der Waals surface area contributed by atoms with Crippen LogP contribution in [0, 0.1) is 12.8 Å². The number of benzene rings is 1. The van der Waals surface area contributed by atoms with E-state index in [9.17, 15) is 13.2 Å². The van der Waals surface area contributed by atoms with E-state index in [1.165, 1.54) is 19.2 Å². The van der Waals surface area contributed by atoms with E-state index >= 15 is 0 Å². The van der Waals surface area contributed by atoms with E-state index in [1.54, 1.807) is 12.1 Å². The van der Waals surface area contributed by atoms with E-state index in [-0.39, 0.29) is 16.7 Å². The van der Waals surface area contributed by atoms with Crippen LogP contribution in [0.1, 0.15) is 25.8 Å². The number of carbonyl (C=O) groups is 1. The molecule has 1 aromatic rings. The van der Waals surface area contributed by atoms with Crippen molar-refractivity contribution in [1.29, 1.82) is 0 Å². The number of nitrogens with one attached hydrogen (secondary N) is 2. The van der Waals surface area contributed by atoms with E-state index in [2.05, 4.69) is 10.0 Å². The lowest BCUT2D eigenvalue weighted by Gasteiger charge is -2.19. The van der Waals surface area contributed by atoms with Gasteiger partial charge in [-0.25, -0.2) is 8.42 Å². The maximum atomic E-state index is 12.3. The molecule has 112 valence electrons.